The van der Waals surface area contributed by atoms with Gasteiger partial charge in [-0.1, -0.05) is 12.7 Å². The zero-order valence-electron chi connectivity index (χ0n) is 8.57. The minimum absolute atomic E-state index is 0.176. The van der Waals surface area contributed by atoms with E-state index in [1.165, 1.54) is 19.0 Å². The lowest BCUT2D eigenvalue weighted by Gasteiger charge is -1.79. The van der Waals surface area contributed by atoms with Crippen LogP contribution in [0.2, 0.25) is 0 Å². The van der Waals surface area contributed by atoms with Gasteiger partial charge in [-0.05, 0) is 13.8 Å². The molecule has 0 radical (unpaired) electrons. The van der Waals surface area contributed by atoms with Gasteiger partial charge in [-0.3, -0.25) is 0 Å². The summed E-state index contributed by atoms with van der Waals surface area (Å²) in [5.74, 6) is -1.83. The highest BCUT2D eigenvalue weighted by molar-refractivity contribution is 5.84. The van der Waals surface area contributed by atoms with Gasteiger partial charge in [-0.2, -0.15) is 0 Å². The molecular formula is C9H14N2O4. The quantitative estimate of drug-likeness (QED) is 0.412. The van der Waals surface area contributed by atoms with Crippen LogP contribution in [0.25, 0.3) is 0 Å². The van der Waals surface area contributed by atoms with Gasteiger partial charge < -0.3 is 10.2 Å². The van der Waals surface area contributed by atoms with Crippen molar-refractivity contribution in [3.8, 4) is 0 Å². The molecule has 0 unspecified atom stereocenters. The minimum Gasteiger partial charge on any atom is -0.478 e. The van der Waals surface area contributed by atoms with E-state index in [9.17, 15) is 9.59 Å². The van der Waals surface area contributed by atoms with Gasteiger partial charge in [0.15, 0.2) is 0 Å². The minimum atomic E-state index is -0.935. The summed E-state index contributed by atoms with van der Waals surface area (Å²) in [6.07, 6.45) is 2.56. The summed E-state index contributed by atoms with van der Waals surface area (Å²) in [4.78, 5) is 19.1. The molecule has 0 fully saturated rings. The fourth-order valence-corrected chi connectivity index (χ4v) is 0.143. The van der Waals surface area contributed by atoms with Gasteiger partial charge in [0.2, 0.25) is 0 Å². The van der Waals surface area contributed by atoms with E-state index >= 15 is 0 Å². The van der Waals surface area contributed by atoms with Crippen LogP contribution in [0.1, 0.15) is 13.8 Å². The second kappa shape index (κ2) is 14.3. The Morgan fingerprint density at radius 2 is 1.60 bits per heavy atom. The summed E-state index contributed by atoms with van der Waals surface area (Å²) in [5, 5.41) is 27.0. The maximum absolute atomic E-state index is 9.60. The van der Waals surface area contributed by atoms with Gasteiger partial charge in [0.05, 0.1) is 6.01 Å². The summed E-state index contributed by atoms with van der Waals surface area (Å²) in [6.45, 7) is 6.26. The third-order valence-corrected chi connectivity index (χ3v) is 0.674. The number of carbonyl (C=O) groups is 2. The Kier molecular flexibility index (Phi) is 17.7. The van der Waals surface area contributed by atoms with E-state index in [0.717, 1.165) is 6.08 Å². The van der Waals surface area contributed by atoms with Crippen LogP contribution in [0.3, 0.4) is 0 Å². The van der Waals surface area contributed by atoms with E-state index < -0.39 is 11.9 Å². The second-order valence-electron chi connectivity index (χ2n) is 2.05. The number of carboxylic acids is 2. The maximum atomic E-state index is 9.60. The van der Waals surface area contributed by atoms with E-state index in [4.69, 9.17) is 21.0 Å². The monoisotopic (exact) mass is 214 g/mol. The van der Waals surface area contributed by atoms with E-state index in [0.29, 0.717) is 0 Å². The highest BCUT2D eigenvalue weighted by Crippen LogP contribution is 1.81. The van der Waals surface area contributed by atoms with Gasteiger partial charge in [0.25, 0.3) is 0 Å². The Labute approximate surface area is 87.6 Å². The molecule has 0 spiro atoms. The van der Waals surface area contributed by atoms with Crippen LogP contribution in [-0.2, 0) is 9.59 Å². The maximum Gasteiger partial charge on any atom is 0.330 e. The summed E-state index contributed by atoms with van der Waals surface area (Å²) >= 11 is 0. The summed E-state index contributed by atoms with van der Waals surface area (Å²) in [6, 6.07) is 1.25. The molecular weight excluding hydrogens is 200 g/mol. The largest absolute Gasteiger partial charge is 0.478 e. The average Bonchev–Trinajstić information content (AvgIpc) is 2.05. The van der Waals surface area contributed by atoms with Crippen molar-refractivity contribution in [2.45, 2.75) is 13.8 Å². The van der Waals surface area contributed by atoms with E-state index in [-0.39, 0.29) is 5.57 Å². The zero-order valence-corrected chi connectivity index (χ0v) is 8.57. The number of hydrogen-bond donors (Lipinski definition) is 4. The molecule has 0 aromatic carbocycles. The summed E-state index contributed by atoms with van der Waals surface area (Å²) < 4.78 is 0. The number of nitrogens with one attached hydrogen (secondary N) is 2. The van der Waals surface area contributed by atoms with Crippen LogP contribution in [0.15, 0.2) is 24.3 Å². The molecule has 0 aliphatic rings. The van der Waals surface area contributed by atoms with Crippen molar-refractivity contribution in [3.63, 3.8) is 0 Å². The van der Waals surface area contributed by atoms with Crippen molar-refractivity contribution < 1.29 is 19.8 Å². The van der Waals surface area contributed by atoms with Crippen molar-refractivity contribution in [3.05, 3.63) is 24.3 Å². The molecule has 0 aromatic heterocycles. The second-order valence-corrected chi connectivity index (χ2v) is 2.05. The standard InChI is InChI=1S/2C4H6O2.CH2N2/c1-3(2)4(5)6;1-2-3-4(5)6;2-1-3/h1H2,2H3,(H,5,6);2-3H,1H3,(H,5,6);2-3H. The summed E-state index contributed by atoms with van der Waals surface area (Å²) in [7, 11) is 0. The van der Waals surface area contributed by atoms with E-state index in [1.54, 1.807) is 6.92 Å². The van der Waals surface area contributed by atoms with Gasteiger partial charge in [0, 0.05) is 11.6 Å². The first-order valence-electron chi connectivity index (χ1n) is 3.66. The molecule has 84 valence electrons. The van der Waals surface area contributed by atoms with Crippen LogP contribution < -0.4 is 0 Å². The first kappa shape index (κ1) is 18.6. The molecule has 0 aliphatic heterocycles. The normalized spacial score (nSPS) is 7.33. The van der Waals surface area contributed by atoms with Gasteiger partial charge in [0.1, 0.15) is 0 Å². The van der Waals surface area contributed by atoms with Gasteiger partial charge in [-0.15, -0.1) is 0 Å². The van der Waals surface area contributed by atoms with Gasteiger partial charge >= 0.3 is 11.9 Å². The Balaban J connectivity index is -0.000000153. The van der Waals surface area contributed by atoms with Crippen molar-refractivity contribution in [1.29, 1.82) is 10.8 Å². The lowest BCUT2D eigenvalue weighted by molar-refractivity contribution is -0.133. The molecule has 0 amide bonds. The summed E-state index contributed by atoms with van der Waals surface area (Å²) in [5.41, 5.74) is 0.176. The molecule has 0 bridgehead atoms. The number of aliphatic carboxylic acids is 2. The SMILES string of the molecule is C=C(C)C(=O)O.CC=CC(=O)O.N=C=N. The molecule has 15 heavy (non-hydrogen) atoms. The van der Waals surface area contributed by atoms with Crippen LogP contribution >= 0.6 is 0 Å². The molecule has 6 nitrogen and oxygen atoms in total. The third-order valence-electron chi connectivity index (χ3n) is 0.674. The smallest absolute Gasteiger partial charge is 0.330 e. The van der Waals surface area contributed by atoms with Crippen LogP contribution in [0.5, 0.6) is 0 Å². The molecule has 0 rings (SSSR count). The predicted octanol–water partition coefficient (Wildman–Crippen LogP) is 1.61. The Morgan fingerprint density at radius 1 is 1.33 bits per heavy atom. The fraction of sp³-hybridized carbons (Fsp3) is 0.222. The van der Waals surface area contributed by atoms with Crippen LogP contribution in [-0.4, -0.2) is 28.2 Å². The van der Waals surface area contributed by atoms with E-state index in [2.05, 4.69) is 6.58 Å². The number of allylic oxidation sites excluding steroid dienone is 1. The van der Waals surface area contributed by atoms with Crippen molar-refractivity contribution >= 4 is 17.9 Å². The highest BCUT2D eigenvalue weighted by Gasteiger charge is 1.90. The number of rotatable bonds is 2. The van der Waals surface area contributed by atoms with Crippen molar-refractivity contribution in [1.82, 2.24) is 0 Å². The number of hydrogen-bond acceptors (Lipinski definition) is 4. The predicted molar refractivity (Wildman–Crippen MR) is 55.3 cm³/mol. The number of carboxylic acid groups (broad SMARTS) is 2. The molecule has 0 saturated heterocycles. The lowest BCUT2D eigenvalue weighted by Crippen LogP contribution is -1.92. The molecule has 4 N–H and O–H groups in total. The first-order chi connectivity index (χ1) is 6.83. The van der Waals surface area contributed by atoms with Crippen LogP contribution in [0, 0.1) is 10.8 Å². The molecule has 0 aliphatic carbocycles. The molecule has 0 heterocycles. The average molecular weight is 214 g/mol. The third kappa shape index (κ3) is 49.2. The fourth-order valence-electron chi connectivity index (χ4n) is 0.143. The lowest BCUT2D eigenvalue weighted by atomic mass is 10.4. The van der Waals surface area contributed by atoms with Crippen molar-refractivity contribution in [2.75, 3.05) is 0 Å². The van der Waals surface area contributed by atoms with Crippen LogP contribution in [0.4, 0.5) is 0 Å². The Bertz CT molecular complexity index is 264. The first-order valence-corrected chi connectivity index (χ1v) is 3.66. The Hall–Kier alpha value is -2.20. The molecule has 0 saturated carbocycles. The van der Waals surface area contributed by atoms with E-state index in [1.807, 2.05) is 0 Å². The highest BCUT2D eigenvalue weighted by atomic mass is 16.4. The van der Waals surface area contributed by atoms with Gasteiger partial charge in [-0.25, -0.2) is 20.4 Å². The molecule has 0 atom stereocenters. The topological polar surface area (TPSA) is 122 Å². The van der Waals surface area contributed by atoms with Crippen molar-refractivity contribution in [2.24, 2.45) is 0 Å². The Morgan fingerprint density at radius 3 is 1.60 bits per heavy atom. The zero-order chi connectivity index (χ0) is 12.9. The molecule has 6 heteroatoms. The molecule has 0 aromatic rings.